The molecule has 1 aliphatic rings. The second-order valence-electron chi connectivity index (χ2n) is 8.81. The van der Waals surface area contributed by atoms with E-state index in [0.29, 0.717) is 37.6 Å². The molecule has 2 aromatic carbocycles. The Kier molecular flexibility index (Phi) is 8.55. The van der Waals surface area contributed by atoms with E-state index in [0.717, 1.165) is 23.3 Å². The lowest BCUT2D eigenvalue weighted by atomic mass is 10.1. The smallest absolute Gasteiger partial charge is 0.254 e. The van der Waals surface area contributed by atoms with Crippen molar-refractivity contribution in [3.8, 4) is 5.75 Å². The van der Waals surface area contributed by atoms with Gasteiger partial charge in [-0.15, -0.1) is 11.3 Å². The molecule has 1 aromatic heterocycles. The maximum atomic E-state index is 13.7. The van der Waals surface area contributed by atoms with Crippen LogP contribution < -0.4 is 4.74 Å². The van der Waals surface area contributed by atoms with Crippen LogP contribution in [0.5, 0.6) is 5.75 Å². The first-order chi connectivity index (χ1) is 17.0. The van der Waals surface area contributed by atoms with Gasteiger partial charge in [0.05, 0.1) is 19.8 Å². The van der Waals surface area contributed by atoms with Crippen molar-refractivity contribution < 1.29 is 19.1 Å². The molecule has 184 valence electrons. The van der Waals surface area contributed by atoms with Crippen LogP contribution in [0.3, 0.4) is 0 Å². The van der Waals surface area contributed by atoms with E-state index in [-0.39, 0.29) is 24.5 Å². The predicted octanol–water partition coefficient (Wildman–Crippen LogP) is 4.92. The van der Waals surface area contributed by atoms with Crippen LogP contribution in [0.1, 0.15) is 39.2 Å². The van der Waals surface area contributed by atoms with E-state index < -0.39 is 0 Å². The Labute approximate surface area is 211 Å². The normalized spacial score (nSPS) is 15.1. The molecule has 1 atom stereocenters. The van der Waals surface area contributed by atoms with Crippen LogP contribution in [0.25, 0.3) is 0 Å². The van der Waals surface area contributed by atoms with Gasteiger partial charge < -0.3 is 19.3 Å². The van der Waals surface area contributed by atoms with E-state index in [1.54, 1.807) is 47.6 Å². The minimum atomic E-state index is -0.177. The molecule has 0 saturated carbocycles. The summed E-state index contributed by atoms with van der Waals surface area (Å²) >= 11 is 1.65. The van der Waals surface area contributed by atoms with Crippen LogP contribution in [-0.4, -0.2) is 54.5 Å². The monoisotopic (exact) mass is 492 g/mol. The van der Waals surface area contributed by atoms with Gasteiger partial charge in [-0.05, 0) is 66.6 Å². The molecule has 0 radical (unpaired) electrons. The van der Waals surface area contributed by atoms with Gasteiger partial charge in [-0.3, -0.25) is 9.59 Å². The van der Waals surface area contributed by atoms with Crippen LogP contribution in [0.4, 0.5) is 0 Å². The molecule has 35 heavy (non-hydrogen) atoms. The van der Waals surface area contributed by atoms with E-state index in [4.69, 9.17) is 9.47 Å². The summed E-state index contributed by atoms with van der Waals surface area (Å²) in [5.74, 6) is 0.425. The van der Waals surface area contributed by atoms with E-state index in [9.17, 15) is 9.59 Å². The third-order valence-corrected chi connectivity index (χ3v) is 7.28. The van der Waals surface area contributed by atoms with Crippen molar-refractivity contribution in [2.24, 2.45) is 0 Å². The van der Waals surface area contributed by atoms with Gasteiger partial charge in [-0.1, -0.05) is 30.3 Å². The van der Waals surface area contributed by atoms with Crippen LogP contribution in [0, 0.1) is 6.92 Å². The molecule has 2 amide bonds. The molecule has 7 heteroatoms. The van der Waals surface area contributed by atoms with Crippen molar-refractivity contribution in [1.82, 2.24) is 9.80 Å². The minimum absolute atomic E-state index is 0.00196. The molecule has 6 nitrogen and oxygen atoms in total. The topological polar surface area (TPSA) is 59.1 Å². The van der Waals surface area contributed by atoms with Gasteiger partial charge >= 0.3 is 0 Å². The third kappa shape index (κ3) is 6.71. The molecular formula is C28H32N2O4S. The highest BCUT2D eigenvalue weighted by atomic mass is 32.1. The second kappa shape index (κ2) is 12.0. The summed E-state index contributed by atoms with van der Waals surface area (Å²) in [5.41, 5.74) is 2.76. The van der Waals surface area contributed by atoms with Crippen LogP contribution in [0.15, 0.2) is 66.0 Å². The van der Waals surface area contributed by atoms with Gasteiger partial charge in [0.1, 0.15) is 12.3 Å². The summed E-state index contributed by atoms with van der Waals surface area (Å²) in [6.07, 6.45) is 1.82. The first kappa shape index (κ1) is 24.9. The summed E-state index contributed by atoms with van der Waals surface area (Å²) < 4.78 is 11.0. The molecule has 1 saturated heterocycles. The maximum absolute atomic E-state index is 13.7. The zero-order valence-electron chi connectivity index (χ0n) is 20.3. The number of carbonyl (C=O) groups is 2. The number of ether oxygens (including phenoxy) is 2. The van der Waals surface area contributed by atoms with Crippen LogP contribution in [0.2, 0.25) is 0 Å². The van der Waals surface area contributed by atoms with E-state index in [1.807, 2.05) is 40.6 Å². The summed E-state index contributed by atoms with van der Waals surface area (Å²) in [6.45, 7) is 4.16. The lowest BCUT2D eigenvalue weighted by molar-refractivity contribution is -0.133. The minimum Gasteiger partial charge on any atom is -0.497 e. The fourth-order valence-electron chi connectivity index (χ4n) is 4.21. The van der Waals surface area contributed by atoms with Crippen molar-refractivity contribution in [2.45, 2.75) is 39.0 Å². The number of benzene rings is 2. The summed E-state index contributed by atoms with van der Waals surface area (Å²) in [6, 6.07) is 19.0. The molecule has 0 spiro atoms. The average molecular weight is 493 g/mol. The number of carbonyl (C=O) groups excluding carboxylic acids is 2. The Morgan fingerprint density at radius 3 is 2.43 bits per heavy atom. The summed E-state index contributed by atoms with van der Waals surface area (Å²) in [7, 11) is 1.59. The molecule has 1 aliphatic heterocycles. The van der Waals surface area contributed by atoms with Gasteiger partial charge in [0.2, 0.25) is 5.91 Å². The van der Waals surface area contributed by atoms with Crippen molar-refractivity contribution >= 4 is 23.2 Å². The maximum Gasteiger partial charge on any atom is 0.254 e. The molecular weight excluding hydrogens is 460 g/mol. The molecule has 0 aliphatic carbocycles. The van der Waals surface area contributed by atoms with Crippen LogP contribution >= 0.6 is 11.3 Å². The number of hydrogen-bond donors (Lipinski definition) is 0. The van der Waals surface area contributed by atoms with Gasteiger partial charge in [0.25, 0.3) is 5.91 Å². The first-order valence-electron chi connectivity index (χ1n) is 11.9. The Hall–Kier alpha value is -3.16. The Morgan fingerprint density at radius 1 is 1.03 bits per heavy atom. The summed E-state index contributed by atoms with van der Waals surface area (Å²) in [5, 5.41) is 2.05. The molecule has 0 bridgehead atoms. The molecule has 3 aromatic rings. The van der Waals surface area contributed by atoms with Crippen molar-refractivity contribution in [2.75, 3.05) is 26.8 Å². The molecule has 0 N–H and O–H groups in total. The van der Waals surface area contributed by atoms with Gasteiger partial charge in [-0.2, -0.15) is 0 Å². The fourth-order valence-corrected chi connectivity index (χ4v) is 5.13. The lowest BCUT2D eigenvalue weighted by Crippen LogP contribution is -2.45. The third-order valence-electron chi connectivity index (χ3n) is 6.27. The zero-order valence-corrected chi connectivity index (χ0v) is 21.1. The number of aryl methyl sites for hydroxylation is 1. The molecule has 2 heterocycles. The lowest BCUT2D eigenvalue weighted by Gasteiger charge is -2.29. The predicted molar refractivity (Wildman–Crippen MR) is 138 cm³/mol. The Balaban J connectivity index is 1.55. The Morgan fingerprint density at radius 2 is 1.80 bits per heavy atom. The molecule has 4 rings (SSSR count). The number of methoxy groups -OCH3 is 1. The van der Waals surface area contributed by atoms with Crippen molar-refractivity contribution in [1.29, 1.82) is 0 Å². The van der Waals surface area contributed by atoms with Gasteiger partial charge in [-0.25, -0.2) is 0 Å². The standard InChI is InChI=1S/C28H32N2O4S/c1-21-14-16-35-26(21)19-29(17-22-7-4-3-5-8-22)27(31)20-30(18-25-9-6-15-34-25)28(32)23-10-12-24(33-2)13-11-23/h3-5,7-8,10-14,16,25H,6,9,15,17-20H2,1-2H3. The summed E-state index contributed by atoms with van der Waals surface area (Å²) in [4.78, 5) is 31.8. The number of amides is 2. The van der Waals surface area contributed by atoms with E-state index in [2.05, 4.69) is 13.0 Å². The van der Waals surface area contributed by atoms with E-state index in [1.165, 1.54) is 5.56 Å². The Bertz CT molecular complexity index is 1110. The zero-order chi connectivity index (χ0) is 24.6. The van der Waals surface area contributed by atoms with Crippen LogP contribution in [-0.2, 0) is 22.6 Å². The second-order valence-corrected chi connectivity index (χ2v) is 9.81. The van der Waals surface area contributed by atoms with Gasteiger partial charge in [0.15, 0.2) is 0 Å². The highest BCUT2D eigenvalue weighted by Crippen LogP contribution is 2.21. The highest BCUT2D eigenvalue weighted by Gasteiger charge is 2.27. The largest absolute Gasteiger partial charge is 0.497 e. The number of thiophene rings is 1. The number of hydrogen-bond acceptors (Lipinski definition) is 5. The number of nitrogens with zero attached hydrogens (tertiary/aromatic N) is 2. The van der Waals surface area contributed by atoms with Crippen molar-refractivity contribution in [3.05, 3.63) is 87.6 Å². The fraction of sp³-hybridized carbons (Fsp3) is 0.357. The highest BCUT2D eigenvalue weighted by molar-refractivity contribution is 7.10. The van der Waals surface area contributed by atoms with Crippen molar-refractivity contribution in [3.63, 3.8) is 0 Å². The first-order valence-corrected chi connectivity index (χ1v) is 12.8. The quantitative estimate of drug-likeness (QED) is 0.403. The SMILES string of the molecule is COc1ccc(C(=O)N(CC(=O)N(Cc2ccccc2)Cc2sccc2C)CC2CCCO2)cc1. The van der Waals surface area contributed by atoms with Gasteiger partial charge in [0, 0.05) is 30.1 Å². The molecule has 1 fully saturated rings. The average Bonchev–Trinajstić information content (AvgIpc) is 3.55. The molecule has 1 unspecified atom stereocenters. The number of rotatable bonds is 10. The van der Waals surface area contributed by atoms with E-state index >= 15 is 0 Å².